The molecule has 7 nitrogen and oxygen atoms in total. The molecule has 1 atom stereocenters. The van der Waals surface area contributed by atoms with E-state index in [4.69, 9.17) is 5.73 Å². The summed E-state index contributed by atoms with van der Waals surface area (Å²) in [6, 6.07) is -0.800. The third-order valence-electron chi connectivity index (χ3n) is 2.28. The van der Waals surface area contributed by atoms with Gasteiger partial charge in [-0.25, -0.2) is 0 Å². The van der Waals surface area contributed by atoms with Crippen LogP contribution in [0.15, 0.2) is 0 Å². The zero-order valence-corrected chi connectivity index (χ0v) is 9.62. The van der Waals surface area contributed by atoms with E-state index in [0.717, 1.165) is 8.61 Å². The van der Waals surface area contributed by atoms with Crippen LogP contribution < -0.4 is 11.1 Å². The molecule has 0 aromatic heterocycles. The fourth-order valence-electron chi connectivity index (χ4n) is 1.41. The van der Waals surface area contributed by atoms with Crippen LogP contribution in [-0.4, -0.2) is 62.7 Å². The molecule has 0 aromatic rings. The Bertz CT molecular complexity index is 340. The third kappa shape index (κ3) is 2.46. The van der Waals surface area contributed by atoms with Crippen molar-refractivity contribution in [3.8, 4) is 0 Å². The summed E-state index contributed by atoms with van der Waals surface area (Å²) in [6.07, 6.45) is 0. The maximum Gasteiger partial charge on any atom is 0.282 e. The van der Waals surface area contributed by atoms with Crippen LogP contribution in [0.25, 0.3) is 0 Å². The minimum atomic E-state index is -3.57. The normalized spacial score (nSPS) is 24.3. The molecule has 1 unspecified atom stereocenters. The Morgan fingerprint density at radius 3 is 2.60 bits per heavy atom. The molecule has 0 aromatic carbocycles. The molecule has 1 saturated heterocycles. The fourth-order valence-corrected chi connectivity index (χ4v) is 2.66. The first-order chi connectivity index (χ1) is 6.87. The molecule has 0 aliphatic carbocycles. The maximum absolute atomic E-state index is 11.8. The van der Waals surface area contributed by atoms with Gasteiger partial charge < -0.3 is 11.1 Å². The highest BCUT2D eigenvalue weighted by Crippen LogP contribution is 2.11. The van der Waals surface area contributed by atoms with Gasteiger partial charge in [0.2, 0.25) is 5.91 Å². The largest absolute Gasteiger partial charge is 0.368 e. The highest BCUT2D eigenvalue weighted by molar-refractivity contribution is 7.86. The van der Waals surface area contributed by atoms with Crippen LogP contribution in [0.3, 0.4) is 0 Å². The Kier molecular flexibility index (Phi) is 3.66. The van der Waals surface area contributed by atoms with E-state index in [1.54, 1.807) is 0 Å². The average molecular weight is 236 g/mol. The summed E-state index contributed by atoms with van der Waals surface area (Å²) in [5.41, 5.74) is 5.15. The van der Waals surface area contributed by atoms with Crippen LogP contribution in [0, 0.1) is 0 Å². The number of nitrogens with one attached hydrogen (secondary N) is 1. The predicted molar refractivity (Wildman–Crippen MR) is 55.2 cm³/mol. The number of carbonyl (C=O) groups excluding carboxylic acids is 1. The minimum absolute atomic E-state index is 0.258. The van der Waals surface area contributed by atoms with Gasteiger partial charge in [0.25, 0.3) is 10.2 Å². The second-order valence-electron chi connectivity index (χ2n) is 3.52. The van der Waals surface area contributed by atoms with Gasteiger partial charge in [0, 0.05) is 33.7 Å². The summed E-state index contributed by atoms with van der Waals surface area (Å²) in [6.45, 7) is 1.05. The summed E-state index contributed by atoms with van der Waals surface area (Å²) in [7, 11) is -0.716. The summed E-state index contributed by atoms with van der Waals surface area (Å²) in [5.74, 6) is -0.632. The van der Waals surface area contributed by atoms with Crippen molar-refractivity contribution in [2.45, 2.75) is 6.04 Å². The molecule has 8 heteroatoms. The summed E-state index contributed by atoms with van der Waals surface area (Å²) in [4.78, 5) is 11.1. The fraction of sp³-hybridized carbons (Fsp3) is 0.857. The zero-order valence-electron chi connectivity index (χ0n) is 8.80. The monoisotopic (exact) mass is 236 g/mol. The van der Waals surface area contributed by atoms with E-state index in [-0.39, 0.29) is 13.1 Å². The van der Waals surface area contributed by atoms with Gasteiger partial charge in [-0.05, 0) is 0 Å². The molecular weight excluding hydrogens is 220 g/mol. The third-order valence-corrected chi connectivity index (χ3v) is 4.23. The van der Waals surface area contributed by atoms with Crippen molar-refractivity contribution in [1.82, 2.24) is 13.9 Å². The maximum atomic E-state index is 11.8. The number of carbonyl (C=O) groups is 1. The van der Waals surface area contributed by atoms with E-state index in [1.165, 1.54) is 14.1 Å². The van der Waals surface area contributed by atoms with Crippen molar-refractivity contribution < 1.29 is 13.2 Å². The topological polar surface area (TPSA) is 95.7 Å². The van der Waals surface area contributed by atoms with Gasteiger partial charge in [-0.3, -0.25) is 4.79 Å². The van der Waals surface area contributed by atoms with Gasteiger partial charge in [0.1, 0.15) is 6.04 Å². The van der Waals surface area contributed by atoms with Gasteiger partial charge in [-0.2, -0.15) is 17.0 Å². The Hall–Kier alpha value is -0.700. The number of amides is 1. The van der Waals surface area contributed by atoms with Crippen LogP contribution in [0.2, 0.25) is 0 Å². The lowest BCUT2D eigenvalue weighted by molar-refractivity contribution is -0.122. The van der Waals surface area contributed by atoms with Gasteiger partial charge in [0.15, 0.2) is 0 Å². The Morgan fingerprint density at radius 2 is 2.13 bits per heavy atom. The number of hydrogen-bond acceptors (Lipinski definition) is 4. The van der Waals surface area contributed by atoms with Crippen LogP contribution >= 0.6 is 0 Å². The van der Waals surface area contributed by atoms with E-state index in [0.29, 0.717) is 6.54 Å². The molecule has 0 bridgehead atoms. The number of hydrogen-bond donors (Lipinski definition) is 2. The van der Waals surface area contributed by atoms with E-state index < -0.39 is 22.2 Å². The molecule has 0 radical (unpaired) electrons. The van der Waals surface area contributed by atoms with Crippen molar-refractivity contribution >= 4 is 16.1 Å². The van der Waals surface area contributed by atoms with Crippen LogP contribution in [0.5, 0.6) is 0 Å². The van der Waals surface area contributed by atoms with Crippen LogP contribution in [0.4, 0.5) is 0 Å². The van der Waals surface area contributed by atoms with Crippen molar-refractivity contribution in [3.05, 3.63) is 0 Å². The van der Waals surface area contributed by atoms with Crippen LogP contribution in [-0.2, 0) is 15.0 Å². The first-order valence-corrected chi connectivity index (χ1v) is 5.96. The number of rotatable bonds is 3. The van der Waals surface area contributed by atoms with Gasteiger partial charge in [-0.1, -0.05) is 0 Å². The Balaban J connectivity index is 2.95. The minimum Gasteiger partial charge on any atom is -0.368 e. The molecule has 88 valence electrons. The molecule has 1 aliphatic rings. The number of primary amides is 1. The molecule has 1 rings (SSSR count). The number of nitrogens with zero attached hydrogens (tertiary/aromatic N) is 2. The second kappa shape index (κ2) is 4.44. The molecule has 15 heavy (non-hydrogen) atoms. The number of piperazine rings is 1. The molecule has 1 fully saturated rings. The van der Waals surface area contributed by atoms with E-state index in [9.17, 15) is 13.2 Å². The average Bonchev–Trinajstić information content (AvgIpc) is 2.17. The van der Waals surface area contributed by atoms with Gasteiger partial charge >= 0.3 is 0 Å². The lowest BCUT2D eigenvalue weighted by atomic mass is 10.2. The van der Waals surface area contributed by atoms with Crippen molar-refractivity contribution in [2.75, 3.05) is 33.7 Å². The molecule has 3 N–H and O–H groups in total. The van der Waals surface area contributed by atoms with Crippen molar-refractivity contribution in [3.63, 3.8) is 0 Å². The second-order valence-corrected chi connectivity index (χ2v) is 5.62. The molecular formula is C7H16N4O3S. The van der Waals surface area contributed by atoms with E-state index in [1.807, 2.05) is 0 Å². The van der Waals surface area contributed by atoms with E-state index >= 15 is 0 Å². The zero-order chi connectivity index (χ0) is 11.6. The first-order valence-electron chi connectivity index (χ1n) is 4.56. The Labute approximate surface area is 89.4 Å². The van der Waals surface area contributed by atoms with Crippen molar-refractivity contribution in [2.24, 2.45) is 5.73 Å². The number of nitrogens with two attached hydrogens (primary N) is 1. The van der Waals surface area contributed by atoms with Gasteiger partial charge in [0.05, 0.1) is 0 Å². The molecule has 1 amide bonds. The lowest BCUT2D eigenvalue weighted by Gasteiger charge is -2.34. The summed E-state index contributed by atoms with van der Waals surface area (Å²) < 4.78 is 25.8. The molecule has 0 spiro atoms. The first kappa shape index (κ1) is 12.4. The molecule has 1 heterocycles. The standard InChI is InChI=1S/C7H16N4O3S/c1-10(2)15(13,14)11-4-3-9-5-6(11)7(8)12/h6,9H,3-5H2,1-2H3,(H2,8,12). The van der Waals surface area contributed by atoms with Crippen molar-refractivity contribution in [1.29, 1.82) is 0 Å². The lowest BCUT2D eigenvalue weighted by Crippen LogP contribution is -2.60. The SMILES string of the molecule is CN(C)S(=O)(=O)N1CCNCC1C(N)=O. The highest BCUT2D eigenvalue weighted by atomic mass is 32.2. The summed E-state index contributed by atoms with van der Waals surface area (Å²) >= 11 is 0. The smallest absolute Gasteiger partial charge is 0.282 e. The Morgan fingerprint density at radius 1 is 1.53 bits per heavy atom. The summed E-state index contributed by atoms with van der Waals surface area (Å²) in [5, 5.41) is 2.93. The predicted octanol–water partition coefficient (Wildman–Crippen LogP) is -2.45. The quantitative estimate of drug-likeness (QED) is 0.568. The molecule has 1 aliphatic heterocycles. The van der Waals surface area contributed by atoms with Crippen LogP contribution in [0.1, 0.15) is 0 Å². The van der Waals surface area contributed by atoms with E-state index in [2.05, 4.69) is 5.32 Å². The highest BCUT2D eigenvalue weighted by Gasteiger charge is 2.36. The van der Waals surface area contributed by atoms with Gasteiger partial charge in [-0.15, -0.1) is 0 Å². The molecule has 0 saturated carbocycles.